The van der Waals surface area contributed by atoms with Gasteiger partial charge in [0.1, 0.15) is 10.7 Å². The van der Waals surface area contributed by atoms with Crippen LogP contribution >= 0.6 is 23.1 Å². The molecular weight excluding hydrogens is 372 g/mol. The summed E-state index contributed by atoms with van der Waals surface area (Å²) in [5.74, 6) is 0.639. The molecule has 3 aromatic rings. The van der Waals surface area contributed by atoms with E-state index in [9.17, 15) is 4.79 Å². The van der Waals surface area contributed by atoms with Crippen LogP contribution in [0, 0.1) is 13.8 Å². The number of rotatable bonds is 5. The minimum absolute atomic E-state index is 0.0796. The largest absolute Gasteiger partial charge is 0.376 e. The topological polar surface area (TPSA) is 98.6 Å². The third-order valence-electron chi connectivity index (χ3n) is 4.62. The van der Waals surface area contributed by atoms with Gasteiger partial charge in [-0.1, -0.05) is 11.8 Å². The number of nitrogens with zero attached hydrogens (tertiary/aromatic N) is 5. The number of hydrogen-bond acceptors (Lipinski definition) is 8. The third kappa shape index (κ3) is 3.28. The second kappa shape index (κ2) is 7.09. The van der Waals surface area contributed by atoms with Gasteiger partial charge in [0, 0.05) is 11.5 Å². The lowest BCUT2D eigenvalue weighted by Gasteiger charge is -2.12. The zero-order chi connectivity index (χ0) is 18.3. The Bertz CT molecular complexity index is 988. The minimum Gasteiger partial charge on any atom is -0.376 e. The number of aromatic amines is 1. The fraction of sp³-hybridized carbons (Fsp3) is 0.562. The molecule has 4 heterocycles. The van der Waals surface area contributed by atoms with Crippen molar-refractivity contribution in [3.8, 4) is 0 Å². The minimum atomic E-state index is -0.0850. The molecule has 0 saturated carbocycles. The maximum absolute atomic E-state index is 12.5. The molecule has 2 unspecified atom stereocenters. The second-order valence-corrected chi connectivity index (χ2v) is 8.96. The van der Waals surface area contributed by atoms with E-state index in [4.69, 9.17) is 4.74 Å². The molecule has 8 nitrogen and oxygen atoms in total. The molecule has 1 aliphatic heterocycles. The summed E-state index contributed by atoms with van der Waals surface area (Å²) in [6.07, 6.45) is 2.28. The Morgan fingerprint density at radius 1 is 1.46 bits per heavy atom. The zero-order valence-electron chi connectivity index (χ0n) is 14.9. The molecule has 1 aliphatic rings. The van der Waals surface area contributed by atoms with Crippen LogP contribution in [0.15, 0.2) is 9.95 Å². The maximum Gasteiger partial charge on any atom is 0.259 e. The molecular formula is C16H20N6O2S2. The fourth-order valence-corrected chi connectivity index (χ4v) is 4.95. The van der Waals surface area contributed by atoms with Crippen LogP contribution in [0.25, 0.3) is 10.2 Å². The van der Waals surface area contributed by atoms with Crippen molar-refractivity contribution in [3.63, 3.8) is 0 Å². The summed E-state index contributed by atoms with van der Waals surface area (Å²) in [4.78, 5) is 22.0. The lowest BCUT2D eigenvalue weighted by atomic mass is 10.2. The summed E-state index contributed by atoms with van der Waals surface area (Å²) >= 11 is 3.04. The van der Waals surface area contributed by atoms with Crippen molar-refractivity contribution in [1.29, 1.82) is 0 Å². The first-order chi connectivity index (χ1) is 12.5. The molecule has 1 saturated heterocycles. The van der Waals surface area contributed by atoms with Crippen molar-refractivity contribution in [2.24, 2.45) is 0 Å². The van der Waals surface area contributed by atoms with E-state index in [-0.39, 0.29) is 16.9 Å². The smallest absolute Gasteiger partial charge is 0.259 e. The number of nitrogens with one attached hydrogen (secondary N) is 1. The number of thiophene rings is 1. The summed E-state index contributed by atoms with van der Waals surface area (Å²) < 4.78 is 7.44. The summed E-state index contributed by atoms with van der Waals surface area (Å²) in [5, 5.41) is 13.3. The monoisotopic (exact) mass is 392 g/mol. The van der Waals surface area contributed by atoms with Crippen LogP contribution in [0.1, 0.15) is 41.3 Å². The number of thioether (sulfide) groups is 1. The van der Waals surface area contributed by atoms with Gasteiger partial charge < -0.3 is 9.72 Å². The van der Waals surface area contributed by atoms with Crippen LogP contribution in [-0.4, -0.2) is 42.9 Å². The second-order valence-electron chi connectivity index (χ2n) is 6.45. The number of fused-ring (bicyclic) bond motifs is 1. The van der Waals surface area contributed by atoms with E-state index < -0.39 is 0 Å². The van der Waals surface area contributed by atoms with Crippen molar-refractivity contribution in [1.82, 2.24) is 30.2 Å². The fourth-order valence-electron chi connectivity index (χ4n) is 3.05. The van der Waals surface area contributed by atoms with Gasteiger partial charge in [0.15, 0.2) is 0 Å². The Morgan fingerprint density at radius 2 is 2.31 bits per heavy atom. The number of aryl methyl sites for hydroxylation is 2. The average molecular weight is 393 g/mol. The Morgan fingerprint density at radius 3 is 3.08 bits per heavy atom. The van der Waals surface area contributed by atoms with E-state index in [1.165, 1.54) is 11.8 Å². The van der Waals surface area contributed by atoms with E-state index in [1.54, 1.807) is 16.0 Å². The van der Waals surface area contributed by atoms with Crippen LogP contribution < -0.4 is 5.56 Å². The van der Waals surface area contributed by atoms with Crippen LogP contribution in [0.4, 0.5) is 0 Å². The first kappa shape index (κ1) is 17.6. The summed E-state index contributed by atoms with van der Waals surface area (Å²) in [5.41, 5.74) is 0.921. The maximum atomic E-state index is 12.5. The highest BCUT2D eigenvalue weighted by Crippen LogP contribution is 2.33. The van der Waals surface area contributed by atoms with Gasteiger partial charge in [-0.3, -0.25) is 4.79 Å². The molecule has 0 amide bonds. The van der Waals surface area contributed by atoms with Gasteiger partial charge >= 0.3 is 0 Å². The molecule has 1 N–H and O–H groups in total. The molecule has 0 radical (unpaired) electrons. The summed E-state index contributed by atoms with van der Waals surface area (Å²) in [6, 6.07) is 0. The highest BCUT2D eigenvalue weighted by molar-refractivity contribution is 7.99. The van der Waals surface area contributed by atoms with Crippen LogP contribution in [0.5, 0.6) is 0 Å². The molecule has 3 aromatic heterocycles. The SMILES string of the molecule is Cc1sc2nc(C(C)Sc3nnnn3CC3CCCO3)[nH]c(=O)c2c1C. The summed E-state index contributed by atoms with van der Waals surface area (Å²) in [6.45, 7) is 7.42. The standard InChI is InChI=1S/C16H20N6O2S2/c1-8-9(2)25-15-12(8)14(23)17-13(18-15)10(3)26-16-19-20-21-22(16)7-11-5-4-6-24-11/h10-11H,4-7H2,1-3H3,(H,17,18,23). The Kier molecular flexibility index (Phi) is 4.80. The molecule has 0 bridgehead atoms. The Labute approximate surface area is 158 Å². The van der Waals surface area contributed by atoms with Crippen LogP contribution in [0.3, 0.4) is 0 Å². The van der Waals surface area contributed by atoms with E-state index in [1.807, 2.05) is 20.8 Å². The normalized spacial score (nSPS) is 18.7. The van der Waals surface area contributed by atoms with Gasteiger partial charge in [-0.2, -0.15) is 0 Å². The Hall–Kier alpha value is -1.78. The highest BCUT2D eigenvalue weighted by Gasteiger charge is 2.22. The van der Waals surface area contributed by atoms with Crippen molar-refractivity contribution in [2.75, 3.05) is 6.61 Å². The molecule has 138 valence electrons. The average Bonchev–Trinajstić information content (AvgIpc) is 3.32. The van der Waals surface area contributed by atoms with Crippen molar-refractivity contribution in [3.05, 3.63) is 26.6 Å². The van der Waals surface area contributed by atoms with E-state index in [0.29, 0.717) is 22.9 Å². The molecule has 4 rings (SSSR count). The van der Waals surface area contributed by atoms with Gasteiger partial charge in [0.2, 0.25) is 5.16 Å². The molecule has 0 spiro atoms. The Balaban J connectivity index is 1.57. The predicted octanol–water partition coefficient (Wildman–Crippen LogP) is 2.62. The third-order valence-corrected chi connectivity index (χ3v) is 6.81. The number of ether oxygens (including phenoxy) is 1. The van der Waals surface area contributed by atoms with Gasteiger partial charge in [0.25, 0.3) is 5.56 Å². The molecule has 0 aliphatic carbocycles. The lowest BCUT2D eigenvalue weighted by Crippen LogP contribution is -2.17. The number of hydrogen-bond donors (Lipinski definition) is 1. The van der Waals surface area contributed by atoms with Gasteiger partial charge in [0.05, 0.1) is 23.3 Å². The first-order valence-electron chi connectivity index (χ1n) is 8.57. The van der Waals surface area contributed by atoms with Crippen molar-refractivity contribution >= 4 is 33.3 Å². The first-order valence-corrected chi connectivity index (χ1v) is 10.3. The van der Waals surface area contributed by atoms with Crippen LogP contribution in [0.2, 0.25) is 0 Å². The van der Waals surface area contributed by atoms with Crippen LogP contribution in [-0.2, 0) is 11.3 Å². The molecule has 0 aromatic carbocycles. The number of aromatic nitrogens is 6. The summed E-state index contributed by atoms with van der Waals surface area (Å²) in [7, 11) is 0. The molecule has 10 heteroatoms. The number of H-pyrrole nitrogens is 1. The van der Waals surface area contributed by atoms with E-state index in [2.05, 4.69) is 25.5 Å². The van der Waals surface area contributed by atoms with Crippen molar-refractivity contribution < 1.29 is 4.74 Å². The van der Waals surface area contributed by atoms with E-state index >= 15 is 0 Å². The molecule has 1 fully saturated rings. The predicted molar refractivity (Wildman–Crippen MR) is 101 cm³/mol. The lowest BCUT2D eigenvalue weighted by molar-refractivity contribution is 0.0911. The number of tetrazole rings is 1. The van der Waals surface area contributed by atoms with Gasteiger partial charge in [-0.05, 0) is 49.6 Å². The molecule has 26 heavy (non-hydrogen) atoms. The van der Waals surface area contributed by atoms with E-state index in [0.717, 1.165) is 34.7 Å². The highest BCUT2D eigenvalue weighted by atomic mass is 32.2. The quantitative estimate of drug-likeness (QED) is 0.666. The zero-order valence-corrected chi connectivity index (χ0v) is 16.5. The van der Waals surface area contributed by atoms with Gasteiger partial charge in [-0.25, -0.2) is 9.67 Å². The molecule has 2 atom stereocenters. The van der Waals surface area contributed by atoms with Crippen molar-refractivity contribution in [2.45, 2.75) is 56.7 Å². The van der Waals surface area contributed by atoms with Gasteiger partial charge in [-0.15, -0.1) is 16.4 Å².